The Bertz CT molecular complexity index is 623. The Morgan fingerprint density at radius 1 is 1.15 bits per heavy atom. The number of nitrogens with one attached hydrogen (secondary N) is 2. The highest BCUT2D eigenvalue weighted by molar-refractivity contribution is 5.94. The zero-order valence-corrected chi connectivity index (χ0v) is 16.2. The summed E-state index contributed by atoms with van der Waals surface area (Å²) in [6.07, 6.45) is 5.42. The number of hydrogen-bond donors (Lipinski definition) is 3. The molecular formula is C20H30ClN3O2. The van der Waals surface area contributed by atoms with Crippen LogP contribution >= 0.6 is 12.4 Å². The van der Waals surface area contributed by atoms with Crippen molar-refractivity contribution in [2.24, 2.45) is 23.5 Å². The molecule has 2 unspecified atom stereocenters. The number of fused-ring (bicyclic) bond motifs is 2. The van der Waals surface area contributed by atoms with E-state index in [1.54, 1.807) is 6.07 Å². The number of amides is 2. The van der Waals surface area contributed by atoms with Crippen molar-refractivity contribution in [1.29, 1.82) is 0 Å². The van der Waals surface area contributed by atoms with E-state index in [1.807, 2.05) is 25.1 Å². The van der Waals surface area contributed by atoms with Gasteiger partial charge in [-0.25, -0.2) is 0 Å². The second-order valence-corrected chi connectivity index (χ2v) is 7.47. The Labute approximate surface area is 161 Å². The molecule has 1 aromatic carbocycles. The number of halogens is 1. The number of carbonyl (C=O) groups excluding carboxylic acids is 2. The van der Waals surface area contributed by atoms with E-state index in [0.29, 0.717) is 30.5 Å². The third-order valence-corrected chi connectivity index (χ3v) is 5.78. The van der Waals surface area contributed by atoms with Crippen molar-refractivity contribution in [2.75, 3.05) is 6.54 Å². The summed E-state index contributed by atoms with van der Waals surface area (Å²) in [6.45, 7) is 2.96. The van der Waals surface area contributed by atoms with Crippen LogP contribution in [0, 0.1) is 17.8 Å². The van der Waals surface area contributed by atoms with Crippen molar-refractivity contribution in [3.05, 3.63) is 35.4 Å². The van der Waals surface area contributed by atoms with E-state index in [-0.39, 0.29) is 36.2 Å². The predicted octanol–water partition coefficient (Wildman–Crippen LogP) is 2.63. The molecule has 6 heteroatoms. The minimum absolute atomic E-state index is 0. The molecule has 2 aliphatic carbocycles. The quantitative estimate of drug-likeness (QED) is 0.735. The van der Waals surface area contributed by atoms with Crippen LogP contribution in [0.2, 0.25) is 0 Å². The van der Waals surface area contributed by atoms with E-state index in [0.717, 1.165) is 31.2 Å². The molecule has 1 aromatic rings. The highest BCUT2D eigenvalue weighted by atomic mass is 35.5. The van der Waals surface area contributed by atoms with E-state index in [2.05, 4.69) is 10.6 Å². The molecule has 2 fully saturated rings. The lowest BCUT2D eigenvalue weighted by atomic mass is 9.65. The van der Waals surface area contributed by atoms with Gasteiger partial charge in [0, 0.05) is 30.6 Å². The molecule has 2 bridgehead atoms. The summed E-state index contributed by atoms with van der Waals surface area (Å²) < 4.78 is 0. The topological polar surface area (TPSA) is 84.2 Å². The van der Waals surface area contributed by atoms with Gasteiger partial charge in [0.05, 0.1) is 0 Å². The Hall–Kier alpha value is -1.59. The SMILES string of the molecule is CCNC(=O)c1cccc(CNC(=O)C2CC3CCCC(C2)C3N)c1.Cl. The molecule has 5 nitrogen and oxygen atoms in total. The van der Waals surface area contributed by atoms with Crippen molar-refractivity contribution < 1.29 is 9.59 Å². The fourth-order valence-corrected chi connectivity index (χ4v) is 4.42. The van der Waals surface area contributed by atoms with E-state index < -0.39 is 0 Å². The van der Waals surface area contributed by atoms with Crippen molar-refractivity contribution >= 4 is 24.2 Å². The maximum Gasteiger partial charge on any atom is 0.251 e. The number of carbonyl (C=O) groups is 2. The number of nitrogens with two attached hydrogens (primary N) is 1. The molecule has 144 valence electrons. The normalized spacial score (nSPS) is 27.2. The van der Waals surface area contributed by atoms with Gasteiger partial charge in [0.15, 0.2) is 0 Å². The molecule has 4 N–H and O–H groups in total. The van der Waals surface area contributed by atoms with Crippen molar-refractivity contribution in [1.82, 2.24) is 10.6 Å². The van der Waals surface area contributed by atoms with Crippen molar-refractivity contribution in [2.45, 2.75) is 51.6 Å². The molecule has 0 saturated heterocycles. The summed E-state index contributed by atoms with van der Waals surface area (Å²) in [5, 5.41) is 5.85. The van der Waals surface area contributed by atoms with Gasteiger partial charge in [-0.2, -0.15) is 0 Å². The molecule has 2 saturated carbocycles. The first-order valence-corrected chi connectivity index (χ1v) is 9.49. The van der Waals surface area contributed by atoms with Gasteiger partial charge in [-0.1, -0.05) is 18.6 Å². The zero-order chi connectivity index (χ0) is 17.8. The monoisotopic (exact) mass is 379 g/mol. The number of benzene rings is 1. The molecule has 2 aliphatic rings. The molecule has 0 heterocycles. The molecule has 0 radical (unpaired) electrons. The predicted molar refractivity (Wildman–Crippen MR) is 105 cm³/mol. The van der Waals surface area contributed by atoms with Gasteiger partial charge in [0.25, 0.3) is 5.91 Å². The highest BCUT2D eigenvalue weighted by Gasteiger charge is 2.40. The maximum absolute atomic E-state index is 12.6. The first-order valence-electron chi connectivity index (χ1n) is 9.49. The molecule has 2 atom stereocenters. The van der Waals surface area contributed by atoms with Gasteiger partial charge in [0.2, 0.25) is 5.91 Å². The smallest absolute Gasteiger partial charge is 0.251 e. The van der Waals surface area contributed by atoms with Gasteiger partial charge < -0.3 is 16.4 Å². The lowest BCUT2D eigenvalue weighted by molar-refractivity contribution is -0.128. The van der Waals surface area contributed by atoms with E-state index in [9.17, 15) is 9.59 Å². The standard InChI is InChI=1S/C20H29N3O2.ClH/c1-2-22-19(24)16-8-3-5-13(9-16)12-23-20(25)17-10-14-6-4-7-15(11-17)18(14)21;/h3,5,8-9,14-15,17-18H,2,4,6-7,10-12,21H2,1H3,(H,22,24)(H,23,25);1H. The van der Waals surface area contributed by atoms with Crippen LogP contribution in [0.3, 0.4) is 0 Å². The minimum Gasteiger partial charge on any atom is -0.352 e. The van der Waals surface area contributed by atoms with E-state index in [4.69, 9.17) is 5.73 Å². The summed E-state index contributed by atoms with van der Waals surface area (Å²) >= 11 is 0. The van der Waals surface area contributed by atoms with Gasteiger partial charge in [-0.15, -0.1) is 12.4 Å². The summed E-state index contributed by atoms with van der Waals surface area (Å²) in [7, 11) is 0. The first-order chi connectivity index (χ1) is 12.1. The largest absolute Gasteiger partial charge is 0.352 e. The van der Waals surface area contributed by atoms with Gasteiger partial charge in [0.1, 0.15) is 0 Å². The highest BCUT2D eigenvalue weighted by Crippen LogP contribution is 2.41. The first kappa shape index (κ1) is 20.7. The van der Waals surface area contributed by atoms with Crippen LogP contribution in [0.25, 0.3) is 0 Å². The molecule has 0 spiro atoms. The molecule has 0 aromatic heterocycles. The van der Waals surface area contributed by atoms with Crippen LogP contribution < -0.4 is 16.4 Å². The summed E-state index contributed by atoms with van der Waals surface area (Å²) in [5.74, 6) is 1.15. The Morgan fingerprint density at radius 3 is 2.50 bits per heavy atom. The number of rotatable bonds is 5. The fraction of sp³-hybridized carbons (Fsp3) is 0.600. The minimum atomic E-state index is -0.0789. The fourth-order valence-electron chi connectivity index (χ4n) is 4.42. The Kier molecular flexibility index (Phi) is 7.47. The van der Waals surface area contributed by atoms with E-state index >= 15 is 0 Å². The van der Waals surface area contributed by atoms with Crippen LogP contribution in [0.15, 0.2) is 24.3 Å². The molecule has 26 heavy (non-hydrogen) atoms. The average molecular weight is 380 g/mol. The van der Waals surface area contributed by atoms with Gasteiger partial charge in [-0.05, 0) is 62.1 Å². The summed E-state index contributed by atoms with van der Waals surface area (Å²) in [5.41, 5.74) is 7.89. The second kappa shape index (κ2) is 9.38. The molecule has 0 aliphatic heterocycles. The third-order valence-electron chi connectivity index (χ3n) is 5.78. The van der Waals surface area contributed by atoms with Crippen LogP contribution in [-0.4, -0.2) is 24.4 Å². The van der Waals surface area contributed by atoms with Crippen LogP contribution in [0.4, 0.5) is 0 Å². The average Bonchev–Trinajstić information content (AvgIpc) is 2.60. The van der Waals surface area contributed by atoms with Crippen LogP contribution in [0.5, 0.6) is 0 Å². The Morgan fingerprint density at radius 2 is 1.85 bits per heavy atom. The Balaban J connectivity index is 0.00000243. The molecular weight excluding hydrogens is 350 g/mol. The molecule has 3 rings (SSSR count). The van der Waals surface area contributed by atoms with Gasteiger partial charge >= 0.3 is 0 Å². The van der Waals surface area contributed by atoms with Crippen molar-refractivity contribution in [3.8, 4) is 0 Å². The van der Waals surface area contributed by atoms with Crippen LogP contribution in [-0.2, 0) is 11.3 Å². The zero-order valence-electron chi connectivity index (χ0n) is 15.4. The third kappa shape index (κ3) is 4.77. The van der Waals surface area contributed by atoms with E-state index in [1.165, 1.54) is 6.42 Å². The maximum atomic E-state index is 12.6. The van der Waals surface area contributed by atoms with Crippen LogP contribution in [0.1, 0.15) is 54.9 Å². The lowest BCUT2D eigenvalue weighted by Crippen LogP contribution is -2.49. The summed E-state index contributed by atoms with van der Waals surface area (Å²) in [6, 6.07) is 7.72. The molecule has 2 amide bonds. The second-order valence-electron chi connectivity index (χ2n) is 7.47. The summed E-state index contributed by atoms with van der Waals surface area (Å²) in [4.78, 5) is 24.5. The lowest BCUT2D eigenvalue weighted by Gasteiger charge is -2.43. The van der Waals surface area contributed by atoms with Gasteiger partial charge in [-0.3, -0.25) is 9.59 Å². The number of hydrogen-bond acceptors (Lipinski definition) is 3. The van der Waals surface area contributed by atoms with Crippen molar-refractivity contribution in [3.63, 3.8) is 0 Å².